The molecule has 3 aromatic rings. The molecule has 15 heteroatoms. The molecule has 1 amide bonds. The standard InChI is InChI=1S/C26H32BrN2O9PS2/c1-6-35-39(31,36-7-2)16-23-24(27)40-26(28-23)29-25(30)18-12-20(37-17(3)15-34-4)14-21(13-18)38-19-8-10-22(11-9-19)41(5,32)33/h8-14,17H,6-7,15-16H2,1-5H3,(H,28,29,30)/t17-/m0/s1. The fourth-order valence-electron chi connectivity index (χ4n) is 3.58. The van der Waals surface area contributed by atoms with Crippen LogP contribution in [0.3, 0.4) is 0 Å². The summed E-state index contributed by atoms with van der Waals surface area (Å²) in [4.78, 5) is 17.9. The fraction of sp³-hybridized carbons (Fsp3) is 0.385. The number of ether oxygens (including phenoxy) is 3. The van der Waals surface area contributed by atoms with Crippen LogP contribution in [0, 0.1) is 0 Å². The van der Waals surface area contributed by atoms with Crippen molar-refractivity contribution in [3.05, 3.63) is 57.5 Å². The fourth-order valence-corrected chi connectivity index (χ4v) is 7.57. The second kappa shape index (κ2) is 14.7. The van der Waals surface area contributed by atoms with E-state index in [4.69, 9.17) is 23.3 Å². The molecule has 0 bridgehead atoms. The zero-order valence-electron chi connectivity index (χ0n) is 23.2. The van der Waals surface area contributed by atoms with Gasteiger partial charge in [0, 0.05) is 25.0 Å². The Balaban J connectivity index is 1.86. The smallest absolute Gasteiger partial charge is 0.336 e. The molecule has 0 aliphatic carbocycles. The van der Waals surface area contributed by atoms with Gasteiger partial charge in [0.2, 0.25) is 0 Å². The first-order valence-corrected chi connectivity index (χ1v) is 17.7. The highest BCUT2D eigenvalue weighted by atomic mass is 79.9. The van der Waals surface area contributed by atoms with Gasteiger partial charge in [-0.25, -0.2) is 13.4 Å². The molecule has 0 aliphatic rings. The SMILES string of the molecule is CCOP(=O)(Cc1nc(NC(=O)c2cc(Oc3ccc(S(C)(=O)=O)cc3)cc(O[C@@H](C)COC)c2)sc1Br)OCC. The average Bonchev–Trinajstić information content (AvgIpc) is 3.21. The maximum atomic E-state index is 13.3. The molecule has 1 N–H and O–H groups in total. The van der Waals surface area contributed by atoms with Crippen molar-refractivity contribution in [1.29, 1.82) is 0 Å². The summed E-state index contributed by atoms with van der Waals surface area (Å²) in [5, 5.41) is 3.03. The number of sulfone groups is 1. The minimum absolute atomic E-state index is 0.0571. The molecule has 0 spiro atoms. The van der Waals surface area contributed by atoms with Crippen molar-refractivity contribution in [3.8, 4) is 17.2 Å². The number of methoxy groups -OCH3 is 1. The van der Waals surface area contributed by atoms with E-state index < -0.39 is 23.3 Å². The summed E-state index contributed by atoms with van der Waals surface area (Å²) in [5.41, 5.74) is 0.652. The first kappa shape index (κ1) is 33.2. The highest BCUT2D eigenvalue weighted by Gasteiger charge is 2.28. The Bertz CT molecular complexity index is 1490. The minimum atomic E-state index is -3.40. The quantitative estimate of drug-likeness (QED) is 0.175. The maximum Gasteiger partial charge on any atom is 0.336 e. The topological polar surface area (TPSA) is 139 Å². The van der Waals surface area contributed by atoms with E-state index in [1.807, 2.05) is 6.92 Å². The monoisotopic (exact) mass is 690 g/mol. The Kier molecular flexibility index (Phi) is 11.9. The summed E-state index contributed by atoms with van der Waals surface area (Å²) in [7, 11) is -5.21. The van der Waals surface area contributed by atoms with Crippen molar-refractivity contribution < 1.29 is 41.0 Å². The van der Waals surface area contributed by atoms with E-state index in [0.29, 0.717) is 33.3 Å². The molecule has 1 atom stereocenters. The van der Waals surface area contributed by atoms with Crippen molar-refractivity contribution in [2.45, 2.75) is 37.9 Å². The lowest BCUT2D eigenvalue weighted by Gasteiger charge is -2.16. The number of thiazole rings is 1. The third-order valence-corrected chi connectivity index (χ3v) is 10.1. The third kappa shape index (κ3) is 9.88. The number of anilines is 1. The number of nitrogens with zero attached hydrogens (tertiary/aromatic N) is 1. The number of carbonyl (C=O) groups excluding carboxylic acids is 1. The Morgan fingerprint density at radius 2 is 1.71 bits per heavy atom. The van der Waals surface area contributed by atoms with E-state index in [0.717, 1.165) is 17.6 Å². The predicted molar refractivity (Wildman–Crippen MR) is 160 cm³/mol. The third-order valence-electron chi connectivity index (χ3n) is 5.23. The van der Waals surface area contributed by atoms with Crippen LogP contribution in [0.2, 0.25) is 0 Å². The van der Waals surface area contributed by atoms with Crippen molar-refractivity contribution in [1.82, 2.24) is 4.98 Å². The molecule has 0 saturated heterocycles. The summed E-state index contributed by atoms with van der Waals surface area (Å²) in [6, 6.07) is 10.6. The molecule has 11 nitrogen and oxygen atoms in total. The van der Waals surface area contributed by atoms with Gasteiger partial charge in [-0.05, 0) is 73.1 Å². The van der Waals surface area contributed by atoms with Crippen molar-refractivity contribution in [2.24, 2.45) is 0 Å². The zero-order chi connectivity index (χ0) is 30.2. The zero-order valence-corrected chi connectivity index (χ0v) is 27.3. The highest BCUT2D eigenvalue weighted by molar-refractivity contribution is 9.11. The molecule has 1 heterocycles. The van der Waals surface area contributed by atoms with Gasteiger partial charge < -0.3 is 23.3 Å². The first-order valence-electron chi connectivity index (χ1n) is 12.5. The van der Waals surface area contributed by atoms with Gasteiger partial charge in [0.15, 0.2) is 15.0 Å². The van der Waals surface area contributed by atoms with E-state index >= 15 is 0 Å². The highest BCUT2D eigenvalue weighted by Crippen LogP contribution is 2.52. The Morgan fingerprint density at radius 1 is 1.07 bits per heavy atom. The lowest BCUT2D eigenvalue weighted by molar-refractivity contribution is 0.0916. The van der Waals surface area contributed by atoms with Crippen LogP contribution in [0.25, 0.3) is 0 Å². The molecule has 0 radical (unpaired) electrons. The Morgan fingerprint density at radius 3 is 2.29 bits per heavy atom. The van der Waals surface area contributed by atoms with E-state index in [2.05, 4.69) is 26.2 Å². The van der Waals surface area contributed by atoms with Crippen LogP contribution in [0.5, 0.6) is 17.2 Å². The number of nitrogens with one attached hydrogen (secondary N) is 1. The van der Waals surface area contributed by atoms with E-state index in [1.165, 1.54) is 30.3 Å². The van der Waals surface area contributed by atoms with Crippen LogP contribution in [0.1, 0.15) is 36.8 Å². The Hall–Kier alpha value is -2.32. The van der Waals surface area contributed by atoms with Crippen LogP contribution >= 0.6 is 34.9 Å². The van der Waals surface area contributed by atoms with Crippen LogP contribution in [-0.4, -0.2) is 58.6 Å². The number of halogens is 1. The van der Waals surface area contributed by atoms with Gasteiger partial charge in [0.1, 0.15) is 23.4 Å². The predicted octanol–water partition coefficient (Wildman–Crippen LogP) is 6.53. The average molecular weight is 692 g/mol. The van der Waals surface area contributed by atoms with Gasteiger partial charge in [0.25, 0.3) is 5.91 Å². The minimum Gasteiger partial charge on any atom is -0.488 e. The molecule has 224 valence electrons. The van der Waals surface area contributed by atoms with E-state index in [-0.39, 0.29) is 41.1 Å². The molecule has 1 aromatic heterocycles. The number of hydrogen-bond acceptors (Lipinski definition) is 11. The number of carbonyl (C=O) groups is 1. The van der Waals surface area contributed by atoms with Gasteiger partial charge >= 0.3 is 7.60 Å². The van der Waals surface area contributed by atoms with Gasteiger partial charge in [-0.1, -0.05) is 11.3 Å². The first-order chi connectivity index (χ1) is 19.4. The number of hydrogen-bond donors (Lipinski definition) is 1. The molecule has 3 rings (SSSR count). The molecule has 2 aromatic carbocycles. The second-order valence-electron chi connectivity index (χ2n) is 8.72. The summed E-state index contributed by atoms with van der Waals surface area (Å²) in [6.45, 7) is 6.03. The summed E-state index contributed by atoms with van der Waals surface area (Å²) in [6.07, 6.45) is 0.749. The summed E-state index contributed by atoms with van der Waals surface area (Å²) >= 11 is 4.58. The van der Waals surface area contributed by atoms with Gasteiger partial charge in [-0.3, -0.25) is 14.7 Å². The number of aromatic nitrogens is 1. The van der Waals surface area contributed by atoms with Crippen LogP contribution < -0.4 is 14.8 Å². The molecule has 0 aliphatic heterocycles. The lowest BCUT2D eigenvalue weighted by atomic mass is 10.2. The van der Waals surface area contributed by atoms with Crippen molar-refractivity contribution in [3.63, 3.8) is 0 Å². The lowest BCUT2D eigenvalue weighted by Crippen LogP contribution is -2.18. The van der Waals surface area contributed by atoms with Crippen LogP contribution in [0.15, 0.2) is 51.1 Å². The molecular formula is C26H32BrN2O9PS2. The molecule has 41 heavy (non-hydrogen) atoms. The molecule has 0 fully saturated rings. The maximum absolute atomic E-state index is 13.3. The summed E-state index contributed by atoms with van der Waals surface area (Å²) in [5.74, 6) is 0.533. The van der Waals surface area contributed by atoms with Crippen LogP contribution in [0.4, 0.5) is 5.13 Å². The number of benzene rings is 2. The molecule has 0 unspecified atom stereocenters. The van der Waals surface area contributed by atoms with Crippen molar-refractivity contribution >= 4 is 55.7 Å². The van der Waals surface area contributed by atoms with Crippen LogP contribution in [-0.2, 0) is 34.3 Å². The molecule has 0 saturated carbocycles. The van der Waals surface area contributed by atoms with Crippen molar-refractivity contribution in [2.75, 3.05) is 38.5 Å². The van der Waals surface area contributed by atoms with Gasteiger partial charge in [0.05, 0.1) is 40.4 Å². The van der Waals surface area contributed by atoms with E-state index in [9.17, 15) is 17.8 Å². The summed E-state index contributed by atoms with van der Waals surface area (Å²) < 4.78 is 64.8. The number of amides is 1. The molecular weight excluding hydrogens is 659 g/mol. The Labute approximate surface area is 252 Å². The normalized spacial score (nSPS) is 12.6. The largest absolute Gasteiger partial charge is 0.488 e. The van der Waals surface area contributed by atoms with Gasteiger partial charge in [-0.15, -0.1) is 0 Å². The van der Waals surface area contributed by atoms with E-state index in [1.54, 1.807) is 33.1 Å². The second-order valence-corrected chi connectivity index (χ2v) is 15.1. The number of rotatable bonds is 15. The van der Waals surface area contributed by atoms with Gasteiger partial charge in [-0.2, -0.15) is 0 Å².